The number of anilines is 1. The molecule has 2 saturated heterocycles. The lowest BCUT2D eigenvalue weighted by Gasteiger charge is -2.35. The van der Waals surface area contributed by atoms with E-state index in [1.54, 1.807) is 0 Å². The lowest BCUT2D eigenvalue weighted by atomic mass is 10.1. The highest BCUT2D eigenvalue weighted by Crippen LogP contribution is 2.25. The fraction of sp³-hybridized carbons (Fsp3) is 0.706. The summed E-state index contributed by atoms with van der Waals surface area (Å²) in [6.45, 7) is 10.1. The van der Waals surface area contributed by atoms with E-state index in [-0.39, 0.29) is 0 Å². The van der Waals surface area contributed by atoms with Crippen LogP contribution in [0.3, 0.4) is 0 Å². The first-order chi connectivity index (χ1) is 10.6. The first kappa shape index (κ1) is 15.7. The molecular weight excluding hydrogens is 279 g/mol. The van der Waals surface area contributed by atoms with Crippen molar-refractivity contribution in [2.75, 3.05) is 37.6 Å². The van der Waals surface area contributed by atoms with Gasteiger partial charge in [0, 0.05) is 51.5 Å². The van der Waals surface area contributed by atoms with Gasteiger partial charge in [-0.1, -0.05) is 0 Å². The van der Waals surface area contributed by atoms with E-state index in [1.807, 2.05) is 13.1 Å². The van der Waals surface area contributed by atoms with Crippen molar-refractivity contribution in [3.05, 3.63) is 23.5 Å². The van der Waals surface area contributed by atoms with Gasteiger partial charge >= 0.3 is 0 Å². The highest BCUT2D eigenvalue weighted by Gasteiger charge is 2.22. The van der Waals surface area contributed by atoms with Crippen LogP contribution in [-0.4, -0.2) is 54.8 Å². The largest absolute Gasteiger partial charge is 0.370 e. The summed E-state index contributed by atoms with van der Waals surface area (Å²) in [4.78, 5) is 9.38. The lowest BCUT2D eigenvalue weighted by Crippen LogP contribution is -2.49. The van der Waals surface area contributed by atoms with Crippen LogP contribution >= 0.6 is 0 Å². The van der Waals surface area contributed by atoms with Crippen LogP contribution in [0.1, 0.15) is 31.0 Å². The van der Waals surface area contributed by atoms with E-state index >= 15 is 0 Å². The van der Waals surface area contributed by atoms with Crippen LogP contribution in [0.2, 0.25) is 0 Å². The summed E-state index contributed by atoms with van der Waals surface area (Å²) < 4.78 is 13.3. The van der Waals surface area contributed by atoms with Crippen molar-refractivity contribution < 1.29 is 4.39 Å². The van der Waals surface area contributed by atoms with Gasteiger partial charge in [0.15, 0.2) is 0 Å². The van der Waals surface area contributed by atoms with Crippen molar-refractivity contribution >= 4 is 5.69 Å². The molecule has 3 rings (SSSR count). The van der Waals surface area contributed by atoms with E-state index in [0.29, 0.717) is 18.9 Å². The predicted octanol–water partition coefficient (Wildman–Crippen LogP) is 2.12. The molecule has 4 nitrogen and oxygen atoms in total. The van der Waals surface area contributed by atoms with Crippen LogP contribution in [0.4, 0.5) is 10.1 Å². The van der Waals surface area contributed by atoms with Gasteiger partial charge in [0.1, 0.15) is 6.17 Å². The van der Waals surface area contributed by atoms with E-state index in [0.717, 1.165) is 45.0 Å². The third kappa shape index (κ3) is 3.58. The topological polar surface area (TPSA) is 31.4 Å². The summed E-state index contributed by atoms with van der Waals surface area (Å²) in [7, 11) is 0. The molecule has 22 heavy (non-hydrogen) atoms. The fourth-order valence-corrected chi connectivity index (χ4v) is 3.41. The summed E-state index contributed by atoms with van der Waals surface area (Å²) in [5.41, 5.74) is 3.50. The van der Waals surface area contributed by atoms with Crippen LogP contribution < -0.4 is 10.2 Å². The van der Waals surface area contributed by atoms with Crippen LogP contribution in [0.25, 0.3) is 0 Å². The number of nitrogens with one attached hydrogen (secondary N) is 1. The minimum Gasteiger partial charge on any atom is -0.370 e. The number of rotatable bonds is 3. The van der Waals surface area contributed by atoms with Crippen molar-refractivity contribution in [3.63, 3.8) is 0 Å². The van der Waals surface area contributed by atoms with Crippen molar-refractivity contribution in [2.45, 2.75) is 45.4 Å². The van der Waals surface area contributed by atoms with E-state index in [4.69, 9.17) is 0 Å². The summed E-state index contributed by atoms with van der Waals surface area (Å²) in [6, 6.07) is 2.82. The normalized spacial score (nSPS) is 24.7. The summed E-state index contributed by atoms with van der Waals surface area (Å²) in [5.74, 6) is 0. The molecule has 0 aromatic carbocycles. The monoisotopic (exact) mass is 306 g/mol. The Labute approximate surface area is 132 Å². The maximum Gasteiger partial charge on any atom is 0.103 e. The van der Waals surface area contributed by atoms with Crippen molar-refractivity contribution in [1.82, 2.24) is 15.2 Å². The third-order valence-corrected chi connectivity index (χ3v) is 4.91. The number of pyridine rings is 1. The second-order valence-corrected chi connectivity index (χ2v) is 6.63. The number of halogens is 1. The average molecular weight is 306 g/mol. The zero-order valence-electron chi connectivity index (χ0n) is 13.7. The Bertz CT molecular complexity index is 499. The van der Waals surface area contributed by atoms with Gasteiger partial charge in [-0.05, 0) is 38.3 Å². The molecule has 5 heteroatoms. The molecule has 1 aromatic rings. The first-order valence-electron chi connectivity index (χ1n) is 8.43. The molecule has 1 N–H and O–H groups in total. The Morgan fingerprint density at radius 2 is 2.09 bits per heavy atom. The Hall–Kier alpha value is -1.20. The molecule has 3 heterocycles. The number of piperidine rings is 1. The van der Waals surface area contributed by atoms with E-state index < -0.39 is 6.17 Å². The quantitative estimate of drug-likeness (QED) is 0.927. The highest BCUT2D eigenvalue weighted by atomic mass is 19.1. The zero-order valence-corrected chi connectivity index (χ0v) is 13.7. The zero-order chi connectivity index (χ0) is 15.5. The molecular formula is C17H27FN4. The van der Waals surface area contributed by atoms with E-state index in [2.05, 4.69) is 33.1 Å². The third-order valence-electron chi connectivity index (χ3n) is 4.91. The standard InChI is InChI=1S/C17H27FN4/c1-13-10-19-5-8-22(13)12-15-9-17(14(2)20-11-15)21-6-3-16(18)4-7-21/h9,11,13,16,19H,3-8,10,12H2,1-2H3/t13-/m0/s1. The minimum atomic E-state index is -0.630. The number of aromatic nitrogens is 1. The van der Waals surface area contributed by atoms with Crippen molar-refractivity contribution in [1.29, 1.82) is 0 Å². The Morgan fingerprint density at radius 3 is 2.82 bits per heavy atom. The van der Waals surface area contributed by atoms with Gasteiger partial charge in [-0.25, -0.2) is 4.39 Å². The second-order valence-electron chi connectivity index (χ2n) is 6.63. The molecule has 2 fully saturated rings. The van der Waals surface area contributed by atoms with E-state index in [1.165, 1.54) is 11.3 Å². The van der Waals surface area contributed by atoms with Crippen LogP contribution in [0, 0.1) is 6.92 Å². The molecule has 2 aliphatic heterocycles. The summed E-state index contributed by atoms with van der Waals surface area (Å²) >= 11 is 0. The molecule has 0 aliphatic carbocycles. The Balaban J connectivity index is 1.72. The SMILES string of the molecule is Cc1ncc(CN2CCNC[C@@H]2C)cc1N1CCC(F)CC1. The van der Waals surface area contributed by atoms with Crippen molar-refractivity contribution in [3.8, 4) is 0 Å². The smallest absolute Gasteiger partial charge is 0.103 e. The van der Waals surface area contributed by atoms with E-state index in [9.17, 15) is 4.39 Å². The van der Waals surface area contributed by atoms with Crippen LogP contribution in [0.15, 0.2) is 12.3 Å². The molecule has 122 valence electrons. The Kier molecular flexibility index (Phi) is 4.93. The van der Waals surface area contributed by atoms with Gasteiger partial charge in [-0.2, -0.15) is 0 Å². The summed E-state index contributed by atoms with van der Waals surface area (Å²) in [6.07, 6.45) is 2.64. The molecule has 0 bridgehead atoms. The fourth-order valence-electron chi connectivity index (χ4n) is 3.41. The maximum absolute atomic E-state index is 13.3. The number of piperazine rings is 1. The number of hydrogen-bond donors (Lipinski definition) is 1. The molecule has 0 spiro atoms. The molecule has 2 aliphatic rings. The molecule has 0 amide bonds. The van der Waals surface area contributed by atoms with Gasteiger partial charge < -0.3 is 10.2 Å². The highest BCUT2D eigenvalue weighted by molar-refractivity contribution is 5.52. The second kappa shape index (κ2) is 6.92. The van der Waals surface area contributed by atoms with Gasteiger partial charge in [0.05, 0.1) is 11.4 Å². The molecule has 0 radical (unpaired) electrons. The summed E-state index contributed by atoms with van der Waals surface area (Å²) in [5, 5.41) is 3.43. The minimum absolute atomic E-state index is 0.556. The van der Waals surface area contributed by atoms with Crippen LogP contribution in [-0.2, 0) is 6.54 Å². The number of aryl methyl sites for hydroxylation is 1. The molecule has 0 unspecified atom stereocenters. The van der Waals surface area contributed by atoms with Gasteiger partial charge in [0.2, 0.25) is 0 Å². The maximum atomic E-state index is 13.3. The van der Waals surface area contributed by atoms with Gasteiger partial charge in [0.25, 0.3) is 0 Å². The number of alkyl halides is 1. The van der Waals surface area contributed by atoms with Crippen LogP contribution in [0.5, 0.6) is 0 Å². The molecule has 0 saturated carbocycles. The Morgan fingerprint density at radius 1 is 1.32 bits per heavy atom. The lowest BCUT2D eigenvalue weighted by molar-refractivity contribution is 0.165. The van der Waals surface area contributed by atoms with Gasteiger partial charge in [-0.3, -0.25) is 9.88 Å². The van der Waals surface area contributed by atoms with Gasteiger partial charge in [-0.15, -0.1) is 0 Å². The predicted molar refractivity (Wildman–Crippen MR) is 88.1 cm³/mol. The van der Waals surface area contributed by atoms with Crippen molar-refractivity contribution in [2.24, 2.45) is 0 Å². The number of hydrogen-bond acceptors (Lipinski definition) is 4. The number of nitrogens with zero attached hydrogens (tertiary/aromatic N) is 3. The molecule has 1 atom stereocenters. The first-order valence-corrected chi connectivity index (χ1v) is 8.43. The molecule has 1 aromatic heterocycles. The average Bonchev–Trinajstić information content (AvgIpc) is 2.52.